The van der Waals surface area contributed by atoms with Crippen molar-refractivity contribution in [3.05, 3.63) is 65.4 Å². The zero-order valence-corrected chi connectivity index (χ0v) is 26.0. The van der Waals surface area contributed by atoms with Crippen molar-refractivity contribution in [3.8, 4) is 11.1 Å². The fourth-order valence-corrected chi connectivity index (χ4v) is 4.94. The third-order valence-corrected chi connectivity index (χ3v) is 7.50. The smallest absolute Gasteiger partial charge is 0.323 e. The zero-order valence-electron chi connectivity index (χ0n) is 26.0. The van der Waals surface area contributed by atoms with Gasteiger partial charge in [0.15, 0.2) is 0 Å². The molecule has 1 aliphatic heterocycles. The lowest BCUT2D eigenvalue weighted by atomic mass is 9.93. The van der Waals surface area contributed by atoms with Gasteiger partial charge in [0, 0.05) is 55.6 Å². The van der Waals surface area contributed by atoms with Crippen molar-refractivity contribution >= 4 is 35.1 Å². The first-order valence-corrected chi connectivity index (χ1v) is 14.3. The number of anilines is 2. The van der Waals surface area contributed by atoms with Crippen LogP contribution in [-0.2, 0) is 10.2 Å². The molecule has 0 saturated carbocycles. The monoisotopic (exact) mass is 588 g/mol. The standard InChI is InChI=1S/C32H40N6O5/c1-9-33-27(39)23-13-11-20(18-34-23)22-16-21(12-10-19(22)2)35-30(42)36-24-17-25(31(3,4)5)43-26(24)28(40)38-15-14-37(8)29(41)32(38,6)7/h10-13,16-18H,9,14-15H2,1-8H3,(H,33,39)(H2,35,36,42). The van der Waals surface area contributed by atoms with E-state index in [0.717, 1.165) is 16.7 Å². The highest BCUT2D eigenvalue weighted by atomic mass is 16.4. The number of piperazine rings is 1. The number of aryl methyl sites for hydroxylation is 1. The summed E-state index contributed by atoms with van der Waals surface area (Å²) in [5.41, 5.74) is 2.12. The number of hydrogen-bond donors (Lipinski definition) is 3. The molecule has 1 saturated heterocycles. The van der Waals surface area contributed by atoms with Crippen LogP contribution in [0.5, 0.6) is 0 Å². The molecule has 2 aromatic heterocycles. The van der Waals surface area contributed by atoms with Gasteiger partial charge < -0.3 is 30.2 Å². The molecule has 0 spiro atoms. The molecule has 43 heavy (non-hydrogen) atoms. The molecule has 3 aromatic rings. The van der Waals surface area contributed by atoms with Crippen LogP contribution in [0.3, 0.4) is 0 Å². The molecule has 1 aliphatic rings. The van der Waals surface area contributed by atoms with Gasteiger partial charge in [-0.25, -0.2) is 4.79 Å². The fraction of sp³-hybridized carbons (Fsp3) is 0.406. The number of hydrogen-bond acceptors (Lipinski definition) is 6. The SMILES string of the molecule is CCNC(=O)c1ccc(-c2cc(NC(=O)Nc3cc(C(C)(C)C)oc3C(=O)N3CCN(C)C(=O)C3(C)C)ccc2C)cn1. The quantitative estimate of drug-likeness (QED) is 0.369. The highest BCUT2D eigenvalue weighted by molar-refractivity contribution is 6.07. The molecule has 0 atom stereocenters. The number of aromatic nitrogens is 1. The van der Waals surface area contributed by atoms with Crippen molar-refractivity contribution in [1.29, 1.82) is 0 Å². The van der Waals surface area contributed by atoms with Gasteiger partial charge in [-0.05, 0) is 57.0 Å². The second-order valence-electron chi connectivity index (χ2n) is 12.2. The Kier molecular flexibility index (Phi) is 8.66. The van der Waals surface area contributed by atoms with Crippen LogP contribution in [-0.4, -0.2) is 70.8 Å². The van der Waals surface area contributed by atoms with Crippen LogP contribution < -0.4 is 16.0 Å². The Morgan fingerprint density at radius 2 is 1.77 bits per heavy atom. The maximum atomic E-state index is 13.8. The predicted molar refractivity (Wildman–Crippen MR) is 165 cm³/mol. The summed E-state index contributed by atoms with van der Waals surface area (Å²) in [6, 6.07) is 10.0. The Hall–Kier alpha value is -4.67. The Morgan fingerprint density at radius 1 is 1.05 bits per heavy atom. The predicted octanol–water partition coefficient (Wildman–Crippen LogP) is 5.03. The summed E-state index contributed by atoms with van der Waals surface area (Å²) >= 11 is 0. The molecule has 11 nitrogen and oxygen atoms in total. The Bertz CT molecular complexity index is 1550. The summed E-state index contributed by atoms with van der Waals surface area (Å²) in [7, 11) is 1.71. The summed E-state index contributed by atoms with van der Waals surface area (Å²) in [6.07, 6.45) is 1.62. The molecule has 0 aliphatic carbocycles. The minimum Gasteiger partial charge on any atom is -0.453 e. The van der Waals surface area contributed by atoms with E-state index in [1.807, 2.05) is 52.8 Å². The largest absolute Gasteiger partial charge is 0.453 e. The maximum Gasteiger partial charge on any atom is 0.323 e. The zero-order chi connectivity index (χ0) is 31.7. The van der Waals surface area contributed by atoms with Crippen molar-refractivity contribution in [2.75, 3.05) is 37.3 Å². The van der Waals surface area contributed by atoms with E-state index in [-0.39, 0.29) is 23.3 Å². The van der Waals surface area contributed by atoms with Gasteiger partial charge in [0.25, 0.3) is 11.8 Å². The topological polar surface area (TPSA) is 137 Å². The van der Waals surface area contributed by atoms with Crippen LogP contribution in [0.4, 0.5) is 16.2 Å². The maximum absolute atomic E-state index is 13.8. The van der Waals surface area contributed by atoms with Crippen LogP contribution in [0.1, 0.15) is 73.9 Å². The van der Waals surface area contributed by atoms with Gasteiger partial charge in [0.05, 0.1) is 5.69 Å². The van der Waals surface area contributed by atoms with E-state index in [4.69, 9.17) is 4.42 Å². The Labute approximate surface area is 252 Å². The van der Waals surface area contributed by atoms with Crippen LogP contribution in [0, 0.1) is 6.92 Å². The number of furan rings is 1. The lowest BCUT2D eigenvalue weighted by Crippen LogP contribution is -2.63. The highest BCUT2D eigenvalue weighted by Crippen LogP contribution is 2.34. The molecular weight excluding hydrogens is 548 g/mol. The normalized spacial score (nSPS) is 14.8. The number of carbonyl (C=O) groups is 4. The van der Waals surface area contributed by atoms with E-state index < -0.39 is 22.9 Å². The molecule has 3 heterocycles. The second kappa shape index (κ2) is 11.9. The van der Waals surface area contributed by atoms with E-state index in [2.05, 4.69) is 20.9 Å². The molecular formula is C32H40N6O5. The van der Waals surface area contributed by atoms with Crippen molar-refractivity contribution < 1.29 is 23.6 Å². The van der Waals surface area contributed by atoms with E-state index in [0.29, 0.717) is 36.8 Å². The average molecular weight is 589 g/mol. The number of nitrogens with zero attached hydrogens (tertiary/aromatic N) is 3. The summed E-state index contributed by atoms with van der Waals surface area (Å²) in [5.74, 6) is -0.407. The van der Waals surface area contributed by atoms with Crippen molar-refractivity contribution in [3.63, 3.8) is 0 Å². The molecule has 0 radical (unpaired) electrons. The fourth-order valence-electron chi connectivity index (χ4n) is 4.94. The van der Waals surface area contributed by atoms with Gasteiger partial charge in [0.1, 0.15) is 17.0 Å². The number of likely N-dealkylation sites (N-methyl/N-ethyl adjacent to an activating group) is 1. The summed E-state index contributed by atoms with van der Waals surface area (Å²) in [5, 5.41) is 8.34. The molecule has 1 fully saturated rings. The van der Waals surface area contributed by atoms with E-state index >= 15 is 0 Å². The van der Waals surface area contributed by atoms with Gasteiger partial charge in [-0.15, -0.1) is 0 Å². The van der Waals surface area contributed by atoms with Crippen molar-refractivity contribution in [2.24, 2.45) is 0 Å². The molecule has 5 amide bonds. The number of benzene rings is 1. The average Bonchev–Trinajstić information content (AvgIpc) is 3.37. The van der Waals surface area contributed by atoms with Crippen molar-refractivity contribution in [1.82, 2.24) is 20.1 Å². The lowest BCUT2D eigenvalue weighted by Gasteiger charge is -2.44. The van der Waals surface area contributed by atoms with E-state index in [1.165, 1.54) is 4.90 Å². The van der Waals surface area contributed by atoms with Gasteiger partial charge in [-0.1, -0.05) is 32.9 Å². The van der Waals surface area contributed by atoms with E-state index in [9.17, 15) is 19.2 Å². The third-order valence-electron chi connectivity index (χ3n) is 7.50. The first-order valence-electron chi connectivity index (χ1n) is 14.3. The van der Waals surface area contributed by atoms with Gasteiger partial charge in [-0.3, -0.25) is 19.4 Å². The summed E-state index contributed by atoms with van der Waals surface area (Å²) < 4.78 is 6.04. The molecule has 1 aromatic carbocycles. The first-order chi connectivity index (χ1) is 20.1. The molecule has 0 bridgehead atoms. The van der Waals surface area contributed by atoms with Crippen molar-refractivity contribution in [2.45, 2.75) is 59.4 Å². The highest BCUT2D eigenvalue weighted by Gasteiger charge is 2.45. The number of rotatable bonds is 6. The van der Waals surface area contributed by atoms with Gasteiger partial charge >= 0.3 is 6.03 Å². The summed E-state index contributed by atoms with van der Waals surface area (Å²) in [6.45, 7) is 14.3. The molecule has 228 valence electrons. The van der Waals surface area contributed by atoms with Crippen LogP contribution >= 0.6 is 0 Å². The minimum absolute atomic E-state index is 0.0339. The van der Waals surface area contributed by atoms with Crippen LogP contribution in [0.25, 0.3) is 11.1 Å². The summed E-state index contributed by atoms with van der Waals surface area (Å²) in [4.78, 5) is 59.3. The molecule has 4 rings (SSSR count). The molecule has 3 N–H and O–H groups in total. The van der Waals surface area contributed by atoms with E-state index in [1.54, 1.807) is 50.2 Å². The lowest BCUT2D eigenvalue weighted by molar-refractivity contribution is -0.144. The third kappa shape index (κ3) is 6.55. The molecule has 0 unspecified atom stereocenters. The number of urea groups is 1. The van der Waals surface area contributed by atoms with Gasteiger partial charge in [0.2, 0.25) is 11.7 Å². The number of nitrogens with one attached hydrogen (secondary N) is 3. The second-order valence-corrected chi connectivity index (χ2v) is 12.2. The minimum atomic E-state index is -1.08. The molecule has 11 heteroatoms. The van der Waals surface area contributed by atoms with Crippen LogP contribution in [0.2, 0.25) is 0 Å². The van der Waals surface area contributed by atoms with Gasteiger partial charge in [-0.2, -0.15) is 0 Å². The number of carbonyl (C=O) groups excluding carboxylic acids is 4. The Balaban J connectivity index is 1.57. The number of amides is 5. The first kappa shape index (κ1) is 31.3. The van der Waals surface area contributed by atoms with Crippen LogP contribution in [0.15, 0.2) is 47.0 Å². The Morgan fingerprint density at radius 3 is 2.40 bits per heavy atom. The number of pyridine rings is 1.